The number of carbonyl (C=O) groups is 2. The number of pyridine rings is 1. The Labute approximate surface area is 141 Å². The first-order valence-electron chi connectivity index (χ1n) is 8.02. The highest BCUT2D eigenvalue weighted by atomic mass is 32.2. The third-order valence-electron chi connectivity index (χ3n) is 4.62. The van der Waals surface area contributed by atoms with E-state index in [-0.39, 0.29) is 29.2 Å². The highest BCUT2D eigenvalue weighted by Gasteiger charge is 2.49. The number of rotatable bonds is 2. The van der Waals surface area contributed by atoms with Crippen molar-refractivity contribution >= 4 is 21.7 Å². The van der Waals surface area contributed by atoms with Crippen LogP contribution in [0.25, 0.3) is 0 Å². The van der Waals surface area contributed by atoms with Gasteiger partial charge in [0.25, 0.3) is 5.91 Å². The number of hydrogen-bond acceptors (Lipinski definition) is 5. The minimum absolute atomic E-state index is 0.0597. The van der Waals surface area contributed by atoms with Crippen molar-refractivity contribution in [3.8, 4) is 0 Å². The summed E-state index contributed by atoms with van der Waals surface area (Å²) in [4.78, 5) is 32.4. The maximum absolute atomic E-state index is 12.8. The first kappa shape index (κ1) is 16.9. The van der Waals surface area contributed by atoms with Crippen LogP contribution in [0.3, 0.4) is 0 Å². The van der Waals surface area contributed by atoms with Crippen LogP contribution >= 0.6 is 0 Å². The molecule has 0 aliphatic carbocycles. The van der Waals surface area contributed by atoms with E-state index < -0.39 is 21.9 Å². The number of amides is 2. The predicted molar refractivity (Wildman–Crippen MR) is 88.1 cm³/mol. The predicted octanol–water partition coefficient (Wildman–Crippen LogP) is 0.188. The summed E-state index contributed by atoms with van der Waals surface area (Å²) >= 11 is 0. The number of fused-ring (bicyclic) bond motifs is 1. The zero-order valence-electron chi connectivity index (χ0n) is 13.8. The second-order valence-electron chi connectivity index (χ2n) is 6.64. The Kier molecular flexibility index (Phi) is 4.33. The van der Waals surface area contributed by atoms with Gasteiger partial charge in [0.1, 0.15) is 0 Å². The van der Waals surface area contributed by atoms with Crippen molar-refractivity contribution in [1.82, 2.24) is 14.8 Å². The van der Waals surface area contributed by atoms with Gasteiger partial charge in [0, 0.05) is 31.4 Å². The van der Waals surface area contributed by atoms with Gasteiger partial charge in [-0.25, -0.2) is 8.42 Å². The van der Waals surface area contributed by atoms with Crippen LogP contribution in [0.15, 0.2) is 24.5 Å². The monoisotopic (exact) mass is 351 g/mol. The Morgan fingerprint density at radius 2 is 1.79 bits per heavy atom. The van der Waals surface area contributed by atoms with Gasteiger partial charge in [-0.1, -0.05) is 13.8 Å². The van der Waals surface area contributed by atoms with Gasteiger partial charge in [0.05, 0.1) is 29.2 Å². The molecule has 3 rings (SSSR count). The number of aromatic nitrogens is 1. The maximum atomic E-state index is 12.8. The van der Waals surface area contributed by atoms with Crippen LogP contribution in [-0.2, 0) is 14.6 Å². The van der Waals surface area contributed by atoms with Gasteiger partial charge in [-0.2, -0.15) is 0 Å². The lowest BCUT2D eigenvalue weighted by atomic mass is 10.0. The Bertz CT molecular complexity index is 748. The summed E-state index contributed by atoms with van der Waals surface area (Å²) in [6.45, 7) is 4.30. The van der Waals surface area contributed by atoms with E-state index in [2.05, 4.69) is 4.98 Å². The number of carbonyl (C=O) groups excluding carboxylic acids is 2. The van der Waals surface area contributed by atoms with Crippen LogP contribution < -0.4 is 0 Å². The Morgan fingerprint density at radius 1 is 1.17 bits per heavy atom. The van der Waals surface area contributed by atoms with Crippen molar-refractivity contribution in [2.45, 2.75) is 25.9 Å². The van der Waals surface area contributed by atoms with Crippen molar-refractivity contribution in [1.29, 1.82) is 0 Å². The third-order valence-corrected chi connectivity index (χ3v) is 6.32. The number of piperazine rings is 1. The van der Waals surface area contributed by atoms with E-state index in [0.717, 1.165) is 0 Å². The molecular weight excluding hydrogens is 330 g/mol. The van der Waals surface area contributed by atoms with Crippen molar-refractivity contribution in [2.75, 3.05) is 24.6 Å². The molecule has 0 bridgehead atoms. The second kappa shape index (κ2) is 6.16. The highest BCUT2D eigenvalue weighted by molar-refractivity contribution is 7.91. The van der Waals surface area contributed by atoms with Gasteiger partial charge in [0.15, 0.2) is 9.84 Å². The standard InChI is InChI=1S/C16H21N3O4S/c1-11(2)15(20)18-6-7-19(14-10-24(22,23)9-13(14)18)16(21)12-4-3-5-17-8-12/h3-5,8,11,13-14H,6-7,9-10H2,1-2H3/t13-,14+/m0/s1. The molecule has 7 nitrogen and oxygen atoms in total. The van der Waals surface area contributed by atoms with Gasteiger partial charge in [0.2, 0.25) is 5.91 Å². The third kappa shape index (κ3) is 3.02. The maximum Gasteiger partial charge on any atom is 0.255 e. The molecule has 1 aromatic rings. The average molecular weight is 351 g/mol. The largest absolute Gasteiger partial charge is 0.335 e. The molecular formula is C16H21N3O4S. The van der Waals surface area contributed by atoms with E-state index in [1.807, 2.05) is 0 Å². The summed E-state index contributed by atoms with van der Waals surface area (Å²) < 4.78 is 24.3. The van der Waals surface area contributed by atoms with Gasteiger partial charge in [-0.05, 0) is 12.1 Å². The van der Waals surface area contributed by atoms with Gasteiger partial charge in [-0.15, -0.1) is 0 Å². The summed E-state index contributed by atoms with van der Waals surface area (Å²) in [5.74, 6) is -0.657. The molecule has 0 spiro atoms. The molecule has 3 heterocycles. The van der Waals surface area contributed by atoms with E-state index in [0.29, 0.717) is 18.7 Å². The fourth-order valence-electron chi connectivity index (χ4n) is 3.47. The van der Waals surface area contributed by atoms with Crippen LogP contribution in [0.2, 0.25) is 0 Å². The van der Waals surface area contributed by atoms with Crippen molar-refractivity contribution in [3.63, 3.8) is 0 Å². The fourth-order valence-corrected chi connectivity index (χ4v) is 5.45. The fraction of sp³-hybridized carbons (Fsp3) is 0.562. The Morgan fingerprint density at radius 3 is 2.38 bits per heavy atom. The quantitative estimate of drug-likeness (QED) is 0.759. The molecule has 2 atom stereocenters. The van der Waals surface area contributed by atoms with E-state index in [1.165, 1.54) is 6.20 Å². The molecule has 8 heteroatoms. The molecule has 130 valence electrons. The van der Waals surface area contributed by atoms with Crippen molar-refractivity contribution < 1.29 is 18.0 Å². The zero-order valence-corrected chi connectivity index (χ0v) is 14.6. The lowest BCUT2D eigenvalue weighted by Gasteiger charge is -2.44. The first-order valence-corrected chi connectivity index (χ1v) is 9.84. The Hall–Kier alpha value is -1.96. The minimum atomic E-state index is -3.27. The Balaban J connectivity index is 1.90. The van der Waals surface area contributed by atoms with Gasteiger partial charge in [-0.3, -0.25) is 14.6 Å². The van der Waals surface area contributed by atoms with E-state index in [4.69, 9.17) is 0 Å². The van der Waals surface area contributed by atoms with Gasteiger partial charge < -0.3 is 9.80 Å². The molecule has 0 N–H and O–H groups in total. The molecule has 2 saturated heterocycles. The molecule has 2 fully saturated rings. The van der Waals surface area contributed by atoms with E-state index in [9.17, 15) is 18.0 Å². The lowest BCUT2D eigenvalue weighted by Crippen LogP contribution is -2.62. The molecule has 24 heavy (non-hydrogen) atoms. The molecule has 2 amide bonds. The topological polar surface area (TPSA) is 87.7 Å². The summed E-state index contributed by atoms with van der Waals surface area (Å²) in [7, 11) is -3.27. The first-order chi connectivity index (χ1) is 11.3. The summed E-state index contributed by atoms with van der Waals surface area (Å²) in [5.41, 5.74) is 0.434. The van der Waals surface area contributed by atoms with Crippen molar-refractivity contribution in [3.05, 3.63) is 30.1 Å². The molecule has 2 aliphatic rings. The molecule has 0 saturated carbocycles. The van der Waals surface area contributed by atoms with Crippen LogP contribution in [0.1, 0.15) is 24.2 Å². The summed E-state index contributed by atoms with van der Waals surface area (Å²) in [5, 5.41) is 0. The smallest absolute Gasteiger partial charge is 0.255 e. The van der Waals surface area contributed by atoms with E-state index in [1.54, 1.807) is 42.0 Å². The molecule has 0 aromatic carbocycles. The van der Waals surface area contributed by atoms with Crippen LogP contribution in [0.5, 0.6) is 0 Å². The lowest BCUT2D eigenvalue weighted by molar-refractivity contribution is -0.139. The summed E-state index contributed by atoms with van der Waals surface area (Å²) in [6.07, 6.45) is 3.06. The second-order valence-corrected chi connectivity index (χ2v) is 8.79. The van der Waals surface area contributed by atoms with Crippen molar-refractivity contribution in [2.24, 2.45) is 5.92 Å². The summed E-state index contributed by atoms with van der Waals surface area (Å²) in [6, 6.07) is 2.40. The van der Waals surface area contributed by atoms with E-state index >= 15 is 0 Å². The molecule has 1 aromatic heterocycles. The van der Waals surface area contributed by atoms with Crippen LogP contribution in [0.4, 0.5) is 0 Å². The van der Waals surface area contributed by atoms with Crippen LogP contribution in [-0.4, -0.2) is 71.7 Å². The number of nitrogens with zero attached hydrogens (tertiary/aromatic N) is 3. The van der Waals surface area contributed by atoms with Crippen LogP contribution in [0, 0.1) is 5.92 Å². The average Bonchev–Trinajstić information content (AvgIpc) is 2.88. The normalized spacial score (nSPS) is 25.6. The molecule has 2 aliphatic heterocycles. The number of hydrogen-bond donors (Lipinski definition) is 0. The number of sulfone groups is 1. The SMILES string of the molecule is CC(C)C(=O)N1CCN(C(=O)c2cccnc2)[C@@H]2CS(=O)(=O)C[C@@H]21. The highest BCUT2D eigenvalue weighted by Crippen LogP contribution is 2.29. The minimum Gasteiger partial charge on any atom is -0.335 e. The zero-order chi connectivity index (χ0) is 17.5. The van der Waals surface area contributed by atoms with Gasteiger partial charge >= 0.3 is 0 Å². The molecule has 0 unspecified atom stereocenters. The molecule has 0 radical (unpaired) electrons.